The summed E-state index contributed by atoms with van der Waals surface area (Å²) in [6, 6.07) is 3.58. The van der Waals surface area contributed by atoms with Crippen LogP contribution in [0.3, 0.4) is 0 Å². The third kappa shape index (κ3) is 3.22. The molecule has 0 bridgehead atoms. The Labute approximate surface area is 124 Å². The number of nitrogens with one attached hydrogen (secondary N) is 1. The summed E-state index contributed by atoms with van der Waals surface area (Å²) < 4.78 is 64.7. The lowest BCUT2D eigenvalue weighted by molar-refractivity contribution is -0.140. The molecule has 2 atom stereocenters. The minimum absolute atomic E-state index is 0.0123. The summed E-state index contributed by atoms with van der Waals surface area (Å²) in [4.78, 5) is 10.6. The van der Waals surface area contributed by atoms with E-state index in [9.17, 15) is 26.4 Å². The van der Waals surface area contributed by atoms with E-state index in [-0.39, 0.29) is 11.5 Å². The number of sulfonamides is 1. The highest BCUT2D eigenvalue weighted by molar-refractivity contribution is 7.90. The average Bonchev–Trinajstić information content (AvgIpc) is 3.14. The van der Waals surface area contributed by atoms with Crippen LogP contribution >= 0.6 is 0 Å². The van der Waals surface area contributed by atoms with Gasteiger partial charge in [0.25, 0.3) is 10.0 Å². The fraction of sp³-hybridized carbons (Fsp3) is 0.385. The molecule has 5 nitrogen and oxygen atoms in total. The second kappa shape index (κ2) is 5.28. The van der Waals surface area contributed by atoms with Crippen LogP contribution in [0.5, 0.6) is 0 Å². The molecule has 0 spiro atoms. The first-order valence-corrected chi connectivity index (χ1v) is 7.72. The lowest BCUT2D eigenvalue weighted by Crippen LogP contribution is -2.33. The molecule has 0 heterocycles. The Bertz CT molecular complexity index is 766. The number of hydrogen-bond acceptors (Lipinski definition) is 4. The molecule has 0 aromatic heterocycles. The van der Waals surface area contributed by atoms with Gasteiger partial charge in [-0.3, -0.25) is 4.79 Å². The SMILES string of the molecule is C[C@@H]1C[C@@H]1C(=O)NS(=O)(=O)c1ccc(C#N)cc1C(F)(F)F. The van der Waals surface area contributed by atoms with E-state index in [4.69, 9.17) is 5.26 Å². The third-order valence-electron chi connectivity index (χ3n) is 3.38. The van der Waals surface area contributed by atoms with Crippen molar-refractivity contribution in [2.75, 3.05) is 0 Å². The van der Waals surface area contributed by atoms with Crippen molar-refractivity contribution in [3.63, 3.8) is 0 Å². The monoisotopic (exact) mass is 332 g/mol. The quantitative estimate of drug-likeness (QED) is 0.917. The lowest BCUT2D eigenvalue weighted by Gasteiger charge is -2.14. The Morgan fingerprint density at radius 3 is 2.45 bits per heavy atom. The number of halogens is 3. The second-order valence-electron chi connectivity index (χ2n) is 5.11. The molecule has 9 heteroatoms. The highest BCUT2D eigenvalue weighted by Crippen LogP contribution is 2.39. The summed E-state index contributed by atoms with van der Waals surface area (Å²) >= 11 is 0. The van der Waals surface area contributed by atoms with Gasteiger partial charge in [0.2, 0.25) is 5.91 Å². The van der Waals surface area contributed by atoms with Crippen molar-refractivity contribution in [1.82, 2.24) is 4.72 Å². The van der Waals surface area contributed by atoms with Crippen LogP contribution < -0.4 is 4.72 Å². The molecule has 0 radical (unpaired) electrons. The molecule has 1 fully saturated rings. The maximum atomic E-state index is 13.0. The molecule has 22 heavy (non-hydrogen) atoms. The molecule has 118 valence electrons. The Balaban J connectivity index is 2.42. The van der Waals surface area contributed by atoms with E-state index in [2.05, 4.69) is 0 Å². The first-order valence-electron chi connectivity index (χ1n) is 6.24. The molecular formula is C13H11F3N2O3S. The molecule has 1 aromatic carbocycles. The Morgan fingerprint density at radius 2 is 2.00 bits per heavy atom. The molecule has 2 rings (SSSR count). The van der Waals surface area contributed by atoms with Crippen LogP contribution in [-0.4, -0.2) is 14.3 Å². The van der Waals surface area contributed by atoms with E-state index in [1.165, 1.54) is 6.07 Å². The van der Waals surface area contributed by atoms with Gasteiger partial charge in [0.1, 0.15) is 0 Å². The van der Waals surface area contributed by atoms with E-state index < -0.39 is 38.5 Å². The number of amides is 1. The van der Waals surface area contributed by atoms with Gasteiger partial charge in [-0.15, -0.1) is 0 Å². The van der Waals surface area contributed by atoms with Crippen LogP contribution in [0.1, 0.15) is 24.5 Å². The van der Waals surface area contributed by atoms with Gasteiger partial charge < -0.3 is 0 Å². The Morgan fingerprint density at radius 1 is 1.41 bits per heavy atom. The predicted octanol–water partition coefficient (Wildman–Crippen LogP) is 2.04. The van der Waals surface area contributed by atoms with Gasteiger partial charge in [-0.1, -0.05) is 6.92 Å². The van der Waals surface area contributed by atoms with E-state index in [1.807, 2.05) is 0 Å². The summed E-state index contributed by atoms with van der Waals surface area (Å²) in [7, 11) is -4.66. The van der Waals surface area contributed by atoms with E-state index in [0.29, 0.717) is 18.6 Å². The van der Waals surface area contributed by atoms with Crippen molar-refractivity contribution in [3.8, 4) is 6.07 Å². The zero-order valence-electron chi connectivity index (χ0n) is 11.3. The van der Waals surface area contributed by atoms with E-state index in [0.717, 1.165) is 6.07 Å². The summed E-state index contributed by atoms with van der Waals surface area (Å²) in [5.41, 5.74) is -1.80. The largest absolute Gasteiger partial charge is 0.417 e. The summed E-state index contributed by atoms with van der Waals surface area (Å²) in [5, 5.41) is 8.64. The smallest absolute Gasteiger partial charge is 0.274 e. The van der Waals surface area contributed by atoms with Crippen LogP contribution in [0, 0.1) is 23.2 Å². The summed E-state index contributed by atoms with van der Waals surface area (Å²) in [6.07, 6.45) is -4.46. The molecule has 0 aliphatic heterocycles. The molecule has 1 amide bonds. The molecule has 0 unspecified atom stereocenters. The van der Waals surface area contributed by atoms with Gasteiger partial charge in [0, 0.05) is 5.92 Å². The normalized spacial score (nSPS) is 21.0. The topological polar surface area (TPSA) is 87.0 Å². The van der Waals surface area contributed by atoms with Gasteiger partial charge >= 0.3 is 6.18 Å². The van der Waals surface area contributed by atoms with E-state index in [1.54, 1.807) is 11.6 Å². The fourth-order valence-electron chi connectivity index (χ4n) is 2.01. The van der Waals surface area contributed by atoms with E-state index >= 15 is 0 Å². The fourth-order valence-corrected chi connectivity index (χ4v) is 3.24. The number of carbonyl (C=O) groups is 1. The molecule has 1 N–H and O–H groups in total. The molecular weight excluding hydrogens is 321 g/mol. The van der Waals surface area contributed by atoms with Crippen molar-refractivity contribution >= 4 is 15.9 Å². The number of carbonyl (C=O) groups excluding carboxylic acids is 1. The highest BCUT2D eigenvalue weighted by atomic mass is 32.2. The molecule has 1 aromatic rings. The minimum Gasteiger partial charge on any atom is -0.274 e. The van der Waals surface area contributed by atoms with Gasteiger partial charge in [-0.25, -0.2) is 13.1 Å². The lowest BCUT2D eigenvalue weighted by atomic mass is 10.1. The number of rotatable bonds is 3. The zero-order valence-corrected chi connectivity index (χ0v) is 12.1. The maximum Gasteiger partial charge on any atom is 0.417 e. The number of alkyl halides is 3. The maximum absolute atomic E-state index is 13.0. The third-order valence-corrected chi connectivity index (χ3v) is 4.79. The average molecular weight is 332 g/mol. The van der Waals surface area contributed by atoms with Crippen molar-refractivity contribution in [1.29, 1.82) is 5.26 Å². The Kier molecular flexibility index (Phi) is 3.91. The van der Waals surface area contributed by atoms with Crippen LogP contribution in [0.15, 0.2) is 23.1 Å². The van der Waals surface area contributed by atoms with Gasteiger partial charge in [-0.05, 0) is 30.5 Å². The van der Waals surface area contributed by atoms with Crippen LogP contribution in [0.4, 0.5) is 13.2 Å². The first kappa shape index (κ1) is 16.3. The standard InChI is InChI=1S/C13H11F3N2O3S/c1-7-4-9(7)12(19)18-22(20,21)11-3-2-8(6-17)5-10(11)13(14,15)16/h2-3,5,7,9H,4H2,1H3,(H,18,19)/t7-,9+/m1/s1. The summed E-state index contributed by atoms with van der Waals surface area (Å²) in [6.45, 7) is 1.74. The number of nitriles is 1. The minimum atomic E-state index is -4.97. The van der Waals surface area contributed by atoms with Gasteiger partial charge in [0.15, 0.2) is 0 Å². The molecule has 0 saturated heterocycles. The first-order chi connectivity index (χ1) is 10.1. The number of benzene rings is 1. The number of nitrogens with zero attached hydrogens (tertiary/aromatic N) is 1. The zero-order chi connectivity index (χ0) is 16.7. The van der Waals surface area contributed by atoms with Crippen molar-refractivity contribution in [3.05, 3.63) is 29.3 Å². The van der Waals surface area contributed by atoms with Crippen molar-refractivity contribution in [2.24, 2.45) is 11.8 Å². The molecule has 1 saturated carbocycles. The highest BCUT2D eigenvalue weighted by Gasteiger charge is 2.42. The van der Waals surface area contributed by atoms with Crippen LogP contribution in [0.25, 0.3) is 0 Å². The van der Waals surface area contributed by atoms with Crippen LogP contribution in [-0.2, 0) is 21.0 Å². The summed E-state index contributed by atoms with van der Waals surface area (Å²) in [5.74, 6) is -1.30. The Hall–Kier alpha value is -2.08. The van der Waals surface area contributed by atoms with Crippen molar-refractivity contribution in [2.45, 2.75) is 24.4 Å². The second-order valence-corrected chi connectivity index (χ2v) is 6.76. The molecule has 1 aliphatic rings. The predicted molar refractivity (Wildman–Crippen MR) is 68.8 cm³/mol. The van der Waals surface area contributed by atoms with Crippen LogP contribution in [0.2, 0.25) is 0 Å². The van der Waals surface area contributed by atoms with Crippen molar-refractivity contribution < 1.29 is 26.4 Å². The van der Waals surface area contributed by atoms with Gasteiger partial charge in [0.05, 0.1) is 22.1 Å². The molecule has 1 aliphatic carbocycles. The van der Waals surface area contributed by atoms with Gasteiger partial charge in [-0.2, -0.15) is 18.4 Å². The number of hydrogen-bond donors (Lipinski definition) is 1.